The van der Waals surface area contributed by atoms with E-state index in [4.69, 9.17) is 23.2 Å². The van der Waals surface area contributed by atoms with Gasteiger partial charge in [-0.05, 0) is 36.4 Å². The average molecular weight is 267 g/mol. The molecule has 2 aromatic rings. The normalized spacial score (nSPS) is 11.5. The van der Waals surface area contributed by atoms with Crippen LogP contribution in [-0.4, -0.2) is 4.86 Å². The minimum absolute atomic E-state index is 0.421. The molecule has 0 saturated carbocycles. The van der Waals surface area contributed by atoms with Gasteiger partial charge in [-0.15, -0.1) is 0 Å². The largest absolute Gasteiger partial charge is 0.594 e. The zero-order valence-electron chi connectivity index (χ0n) is 8.68. The van der Waals surface area contributed by atoms with E-state index < -0.39 is 0 Å². The van der Waals surface area contributed by atoms with Crippen molar-refractivity contribution in [3.05, 3.63) is 63.8 Å². The van der Waals surface area contributed by atoms with Gasteiger partial charge < -0.3 is 5.21 Å². The van der Waals surface area contributed by atoms with E-state index in [0.29, 0.717) is 26.3 Å². The fourth-order valence-corrected chi connectivity index (χ4v) is 1.49. The molecule has 0 aliphatic carbocycles. The molecule has 0 spiro atoms. The maximum atomic E-state index is 11.7. The molecule has 0 aliphatic rings. The molecule has 0 bridgehead atoms. The second kappa shape index (κ2) is 5.17. The third-order valence-corrected chi connectivity index (χ3v) is 2.58. The maximum Gasteiger partial charge on any atom is 0.245 e. The molecule has 86 valence electrons. The summed E-state index contributed by atoms with van der Waals surface area (Å²) in [5.74, 6) is 0. The molecule has 2 aromatic carbocycles. The van der Waals surface area contributed by atoms with Crippen molar-refractivity contribution < 1.29 is 4.86 Å². The lowest BCUT2D eigenvalue weighted by atomic mass is 10.3. The van der Waals surface area contributed by atoms with Gasteiger partial charge in [-0.3, -0.25) is 0 Å². The number of hydrogen-bond acceptors (Lipinski definition) is 2. The second-order valence-corrected chi connectivity index (χ2v) is 4.20. The zero-order valence-corrected chi connectivity index (χ0v) is 10.2. The molecule has 17 heavy (non-hydrogen) atoms. The van der Waals surface area contributed by atoms with Crippen LogP contribution in [0, 0.1) is 5.21 Å². The molecule has 0 unspecified atom stereocenters. The highest BCUT2D eigenvalue weighted by Gasteiger charge is 2.03. The molecule has 0 amide bonds. The number of halogens is 2. The average Bonchev–Trinajstić information content (AvgIpc) is 2.33. The van der Waals surface area contributed by atoms with E-state index in [-0.39, 0.29) is 0 Å². The summed E-state index contributed by atoms with van der Waals surface area (Å²) in [6.45, 7) is 0. The number of nitrogens with zero attached hydrogens (tertiary/aromatic N) is 2. The van der Waals surface area contributed by atoms with E-state index in [2.05, 4.69) is 5.11 Å². The molecule has 5 heteroatoms. The predicted molar refractivity (Wildman–Crippen MR) is 68.3 cm³/mol. The van der Waals surface area contributed by atoms with Gasteiger partial charge in [0.25, 0.3) is 0 Å². The fourth-order valence-electron chi connectivity index (χ4n) is 1.24. The van der Waals surface area contributed by atoms with Gasteiger partial charge in [-0.25, -0.2) is 0 Å². The molecular weight excluding hydrogens is 259 g/mol. The first-order valence-electron chi connectivity index (χ1n) is 4.85. The van der Waals surface area contributed by atoms with Crippen LogP contribution in [-0.2, 0) is 0 Å². The summed E-state index contributed by atoms with van der Waals surface area (Å²) >= 11 is 11.5. The van der Waals surface area contributed by atoms with Crippen molar-refractivity contribution in [2.75, 3.05) is 0 Å². The number of azo groups is 1. The Labute approximate surface area is 109 Å². The third-order valence-electron chi connectivity index (χ3n) is 2.08. The first-order valence-corrected chi connectivity index (χ1v) is 5.61. The summed E-state index contributed by atoms with van der Waals surface area (Å²) in [6.07, 6.45) is 0. The number of benzene rings is 2. The molecule has 0 aliphatic heterocycles. The molecule has 0 saturated heterocycles. The van der Waals surface area contributed by atoms with Crippen LogP contribution in [0.5, 0.6) is 0 Å². The molecule has 2 rings (SSSR count). The lowest BCUT2D eigenvalue weighted by molar-refractivity contribution is -0.435. The minimum Gasteiger partial charge on any atom is -0.594 e. The van der Waals surface area contributed by atoms with Gasteiger partial charge in [0, 0.05) is 27.3 Å². The Morgan fingerprint density at radius 3 is 1.82 bits per heavy atom. The SMILES string of the molecule is [O-][N+](=Nc1ccc(Cl)cc1)c1ccc(Cl)cc1. The zero-order chi connectivity index (χ0) is 12.3. The minimum atomic E-state index is 0.421. The Balaban J connectivity index is 2.27. The Morgan fingerprint density at radius 2 is 1.29 bits per heavy atom. The second-order valence-electron chi connectivity index (χ2n) is 3.33. The van der Waals surface area contributed by atoms with Crippen molar-refractivity contribution in [3.63, 3.8) is 0 Å². The highest BCUT2D eigenvalue weighted by molar-refractivity contribution is 6.30. The van der Waals surface area contributed by atoms with Crippen LogP contribution in [0.15, 0.2) is 53.6 Å². The highest BCUT2D eigenvalue weighted by Crippen LogP contribution is 2.20. The summed E-state index contributed by atoms with van der Waals surface area (Å²) < 4.78 is 0. The lowest BCUT2D eigenvalue weighted by Gasteiger charge is -1.99. The van der Waals surface area contributed by atoms with Crippen LogP contribution in [0.3, 0.4) is 0 Å². The summed E-state index contributed by atoms with van der Waals surface area (Å²) in [4.78, 5) is 0.541. The highest BCUT2D eigenvalue weighted by atomic mass is 35.5. The van der Waals surface area contributed by atoms with Crippen LogP contribution in [0.1, 0.15) is 0 Å². The molecule has 0 aromatic heterocycles. The van der Waals surface area contributed by atoms with Crippen molar-refractivity contribution in [1.82, 2.24) is 0 Å². The summed E-state index contributed by atoms with van der Waals surface area (Å²) in [6, 6.07) is 13.2. The smallest absolute Gasteiger partial charge is 0.245 e. The topological polar surface area (TPSA) is 38.4 Å². The molecule has 3 nitrogen and oxygen atoms in total. The third kappa shape index (κ3) is 3.19. The van der Waals surface area contributed by atoms with Gasteiger partial charge >= 0.3 is 0 Å². The standard InChI is InChI=1S/C12H8Cl2N2O/c13-9-1-5-11(6-2-9)15-16(17)12-7-3-10(14)4-8-12/h1-8H. The molecule has 0 radical (unpaired) electrons. The van der Waals surface area contributed by atoms with E-state index in [0.717, 1.165) is 0 Å². The number of rotatable bonds is 2. The van der Waals surface area contributed by atoms with Crippen LogP contribution >= 0.6 is 23.2 Å². The van der Waals surface area contributed by atoms with Crippen molar-refractivity contribution >= 4 is 34.6 Å². The quantitative estimate of drug-likeness (QED) is 0.432. The molecular formula is C12H8Cl2N2O. The van der Waals surface area contributed by atoms with Crippen LogP contribution in [0.25, 0.3) is 0 Å². The summed E-state index contributed by atoms with van der Waals surface area (Å²) in [5, 5.41) is 16.7. The first kappa shape index (κ1) is 11.9. The van der Waals surface area contributed by atoms with Gasteiger partial charge in [-0.2, -0.15) is 0 Å². The van der Waals surface area contributed by atoms with Crippen molar-refractivity contribution in [2.45, 2.75) is 0 Å². The monoisotopic (exact) mass is 266 g/mol. The van der Waals surface area contributed by atoms with E-state index in [1.807, 2.05) is 0 Å². The predicted octanol–water partition coefficient (Wildman–Crippen LogP) is 4.92. The van der Waals surface area contributed by atoms with E-state index in [9.17, 15) is 5.21 Å². The summed E-state index contributed by atoms with van der Waals surface area (Å²) in [5.41, 5.74) is 0.962. The van der Waals surface area contributed by atoms with Crippen LogP contribution < -0.4 is 0 Å². The molecule has 0 heterocycles. The van der Waals surface area contributed by atoms with Crippen molar-refractivity contribution in [1.29, 1.82) is 0 Å². The van der Waals surface area contributed by atoms with Crippen LogP contribution in [0.4, 0.5) is 11.4 Å². The lowest BCUT2D eigenvalue weighted by Crippen LogP contribution is -1.89. The van der Waals surface area contributed by atoms with E-state index in [1.165, 1.54) is 0 Å². The molecule has 0 atom stereocenters. The molecule has 0 N–H and O–H groups in total. The van der Waals surface area contributed by atoms with Gasteiger partial charge in [0.15, 0.2) is 0 Å². The van der Waals surface area contributed by atoms with Crippen molar-refractivity contribution in [3.8, 4) is 0 Å². The Morgan fingerprint density at radius 1 is 0.824 bits per heavy atom. The van der Waals surface area contributed by atoms with Crippen LogP contribution in [0.2, 0.25) is 10.0 Å². The molecule has 0 fully saturated rings. The first-order chi connectivity index (χ1) is 8.15. The van der Waals surface area contributed by atoms with E-state index >= 15 is 0 Å². The van der Waals surface area contributed by atoms with E-state index in [1.54, 1.807) is 48.5 Å². The van der Waals surface area contributed by atoms with Gasteiger partial charge in [0.05, 0.1) is 0 Å². The van der Waals surface area contributed by atoms with Gasteiger partial charge in [-0.1, -0.05) is 28.1 Å². The maximum absolute atomic E-state index is 11.7. The Bertz CT molecular complexity index is 535. The van der Waals surface area contributed by atoms with Gasteiger partial charge in [0.2, 0.25) is 5.69 Å². The summed E-state index contributed by atoms with van der Waals surface area (Å²) in [7, 11) is 0. The fraction of sp³-hybridized carbons (Fsp3) is 0. The Kier molecular flexibility index (Phi) is 3.61. The van der Waals surface area contributed by atoms with Gasteiger partial charge in [0.1, 0.15) is 5.69 Å². The Hall–Kier alpha value is -1.58. The number of hydrogen-bond donors (Lipinski definition) is 0. The van der Waals surface area contributed by atoms with Crippen molar-refractivity contribution in [2.24, 2.45) is 5.11 Å².